The summed E-state index contributed by atoms with van der Waals surface area (Å²) < 4.78 is 0. The van der Waals surface area contributed by atoms with Gasteiger partial charge in [0.2, 0.25) is 5.91 Å². The minimum atomic E-state index is -0.506. The fourth-order valence-corrected chi connectivity index (χ4v) is 1.74. The second-order valence-corrected chi connectivity index (χ2v) is 4.59. The van der Waals surface area contributed by atoms with Crippen LogP contribution in [0.3, 0.4) is 0 Å². The van der Waals surface area contributed by atoms with E-state index in [4.69, 9.17) is 0 Å². The fourth-order valence-electron chi connectivity index (χ4n) is 1.12. The summed E-state index contributed by atoms with van der Waals surface area (Å²) in [5.74, 6) is -0.365. The van der Waals surface area contributed by atoms with Gasteiger partial charge in [-0.15, -0.1) is 11.3 Å². The van der Waals surface area contributed by atoms with Gasteiger partial charge >= 0.3 is 6.03 Å². The first-order valence-corrected chi connectivity index (χ1v) is 6.08. The van der Waals surface area contributed by atoms with Crippen molar-refractivity contribution < 1.29 is 9.59 Å². The van der Waals surface area contributed by atoms with Crippen molar-refractivity contribution in [3.8, 4) is 0 Å². The topological polar surface area (TPSA) is 83.1 Å². The number of aryl methyl sites for hydroxylation is 1. The van der Waals surface area contributed by atoms with Crippen LogP contribution in [-0.4, -0.2) is 30.0 Å². The lowest BCUT2D eigenvalue weighted by molar-refractivity contribution is -0.121. The number of carbonyl (C=O) groups is 2. The zero-order chi connectivity index (χ0) is 12.8. The Balaban J connectivity index is 2.36. The third kappa shape index (κ3) is 4.49. The van der Waals surface area contributed by atoms with Gasteiger partial charge in [0.05, 0.1) is 16.7 Å². The number of nitrogens with one attached hydrogen (secondary N) is 3. The van der Waals surface area contributed by atoms with Crippen LogP contribution >= 0.6 is 11.3 Å². The highest BCUT2D eigenvalue weighted by molar-refractivity contribution is 7.09. The predicted molar refractivity (Wildman–Crippen MR) is 65.8 cm³/mol. The number of hydrogen-bond acceptors (Lipinski definition) is 5. The van der Waals surface area contributed by atoms with Crippen molar-refractivity contribution in [1.29, 1.82) is 0 Å². The average molecular weight is 256 g/mol. The maximum Gasteiger partial charge on any atom is 0.321 e. The van der Waals surface area contributed by atoms with E-state index in [1.165, 1.54) is 7.05 Å². The van der Waals surface area contributed by atoms with Gasteiger partial charge in [0.1, 0.15) is 0 Å². The molecule has 0 aliphatic heterocycles. The number of urea groups is 1. The molecule has 1 atom stereocenters. The van der Waals surface area contributed by atoms with Gasteiger partial charge in [-0.05, 0) is 13.8 Å². The van der Waals surface area contributed by atoms with Crippen molar-refractivity contribution in [1.82, 2.24) is 20.9 Å². The summed E-state index contributed by atoms with van der Waals surface area (Å²) >= 11 is 1.56. The van der Waals surface area contributed by atoms with Gasteiger partial charge in [-0.3, -0.25) is 10.1 Å². The molecule has 0 aromatic carbocycles. The molecule has 0 aliphatic carbocycles. The van der Waals surface area contributed by atoms with Gasteiger partial charge in [-0.1, -0.05) is 0 Å². The summed E-state index contributed by atoms with van der Waals surface area (Å²) in [4.78, 5) is 26.7. The Morgan fingerprint density at radius 2 is 2.24 bits per heavy atom. The molecule has 1 aromatic rings. The molecule has 1 rings (SSSR count). The fraction of sp³-hybridized carbons (Fsp3) is 0.500. The molecule has 0 spiro atoms. The number of imide groups is 1. The molecule has 1 heterocycles. The summed E-state index contributed by atoms with van der Waals surface area (Å²) in [5, 5.41) is 10.4. The molecule has 0 saturated carbocycles. The second-order valence-electron chi connectivity index (χ2n) is 3.53. The molecule has 0 saturated heterocycles. The number of carbonyl (C=O) groups excluding carboxylic acids is 2. The molecule has 1 unspecified atom stereocenters. The summed E-state index contributed by atoms with van der Waals surface area (Å²) in [7, 11) is 1.46. The molecule has 17 heavy (non-hydrogen) atoms. The maximum atomic E-state index is 11.5. The van der Waals surface area contributed by atoms with Gasteiger partial charge in [-0.2, -0.15) is 0 Å². The third-order valence-electron chi connectivity index (χ3n) is 2.11. The van der Waals surface area contributed by atoms with E-state index in [2.05, 4.69) is 20.9 Å². The van der Waals surface area contributed by atoms with Crippen molar-refractivity contribution in [2.75, 3.05) is 7.05 Å². The molecule has 0 fully saturated rings. The lowest BCUT2D eigenvalue weighted by Gasteiger charge is -2.12. The SMILES string of the molecule is CNC(=O)NC(=O)C(C)NCc1csc(C)n1. The summed E-state index contributed by atoms with van der Waals surface area (Å²) in [6.07, 6.45) is 0. The van der Waals surface area contributed by atoms with Crippen LogP contribution in [0.2, 0.25) is 0 Å². The van der Waals surface area contributed by atoms with Crippen molar-refractivity contribution >= 4 is 23.3 Å². The zero-order valence-electron chi connectivity index (χ0n) is 10.0. The van der Waals surface area contributed by atoms with Crippen molar-refractivity contribution in [3.63, 3.8) is 0 Å². The van der Waals surface area contributed by atoms with Gasteiger partial charge in [0.25, 0.3) is 0 Å². The van der Waals surface area contributed by atoms with Crippen molar-refractivity contribution in [3.05, 3.63) is 16.1 Å². The first-order valence-electron chi connectivity index (χ1n) is 5.20. The van der Waals surface area contributed by atoms with Crippen molar-refractivity contribution in [2.45, 2.75) is 26.4 Å². The standard InChI is InChI=1S/C10H16N4O2S/c1-6(9(15)14-10(16)11-3)12-4-8-5-17-7(2)13-8/h5-6,12H,4H2,1-3H3,(H2,11,14,15,16). The molecule has 6 nitrogen and oxygen atoms in total. The Hall–Kier alpha value is -1.47. The highest BCUT2D eigenvalue weighted by atomic mass is 32.1. The van der Waals surface area contributed by atoms with Crippen LogP contribution in [0.25, 0.3) is 0 Å². The molecule has 0 radical (unpaired) electrons. The van der Waals surface area contributed by atoms with Crippen molar-refractivity contribution in [2.24, 2.45) is 0 Å². The van der Waals surface area contributed by atoms with Crippen LogP contribution in [0.4, 0.5) is 4.79 Å². The molecule has 3 amide bonds. The average Bonchev–Trinajstić information content (AvgIpc) is 2.71. The Bertz CT molecular complexity index is 405. The molecule has 0 bridgehead atoms. The number of thiazole rings is 1. The molecule has 1 aromatic heterocycles. The number of hydrogen-bond donors (Lipinski definition) is 3. The van der Waals surface area contributed by atoms with Gasteiger partial charge in [0.15, 0.2) is 0 Å². The van der Waals surface area contributed by atoms with Crippen LogP contribution in [0.1, 0.15) is 17.6 Å². The minimum Gasteiger partial charge on any atom is -0.341 e. The number of rotatable bonds is 4. The molecule has 3 N–H and O–H groups in total. The van der Waals surface area contributed by atoms with Crippen LogP contribution in [0.5, 0.6) is 0 Å². The van der Waals surface area contributed by atoms with Crippen LogP contribution in [0.15, 0.2) is 5.38 Å². The maximum absolute atomic E-state index is 11.5. The summed E-state index contributed by atoms with van der Waals surface area (Å²) in [6, 6.07) is -0.956. The van der Waals surface area contributed by atoms with E-state index in [0.29, 0.717) is 6.54 Å². The lowest BCUT2D eigenvalue weighted by atomic mass is 10.3. The van der Waals surface area contributed by atoms with E-state index >= 15 is 0 Å². The quantitative estimate of drug-likeness (QED) is 0.727. The highest BCUT2D eigenvalue weighted by Crippen LogP contribution is 2.07. The zero-order valence-corrected chi connectivity index (χ0v) is 10.9. The van der Waals surface area contributed by atoms with E-state index < -0.39 is 12.1 Å². The van der Waals surface area contributed by atoms with Crippen LogP contribution < -0.4 is 16.0 Å². The van der Waals surface area contributed by atoms with E-state index in [0.717, 1.165) is 10.7 Å². The third-order valence-corrected chi connectivity index (χ3v) is 2.94. The second kappa shape index (κ2) is 6.31. The Kier molecular flexibility index (Phi) is 5.05. The van der Waals surface area contributed by atoms with E-state index in [-0.39, 0.29) is 5.91 Å². The number of nitrogens with zero attached hydrogens (tertiary/aromatic N) is 1. The van der Waals surface area contributed by atoms with Crippen LogP contribution in [-0.2, 0) is 11.3 Å². The number of aromatic nitrogens is 1. The smallest absolute Gasteiger partial charge is 0.321 e. The highest BCUT2D eigenvalue weighted by Gasteiger charge is 2.14. The van der Waals surface area contributed by atoms with Gasteiger partial charge < -0.3 is 10.6 Å². The normalized spacial score (nSPS) is 11.9. The molecule has 94 valence electrons. The lowest BCUT2D eigenvalue weighted by Crippen LogP contribution is -2.47. The van der Waals surface area contributed by atoms with Gasteiger partial charge in [0, 0.05) is 19.0 Å². The molecular formula is C10H16N4O2S. The Morgan fingerprint density at radius 3 is 2.76 bits per heavy atom. The van der Waals surface area contributed by atoms with Gasteiger partial charge in [-0.25, -0.2) is 9.78 Å². The monoisotopic (exact) mass is 256 g/mol. The Labute approximate surface area is 104 Å². The molecule has 7 heteroatoms. The van der Waals surface area contributed by atoms with Crippen LogP contribution in [0, 0.1) is 6.92 Å². The number of amides is 3. The largest absolute Gasteiger partial charge is 0.341 e. The predicted octanol–water partition coefficient (Wildman–Crippen LogP) is 0.385. The van der Waals surface area contributed by atoms with E-state index in [9.17, 15) is 9.59 Å². The minimum absolute atomic E-state index is 0.365. The molecular weight excluding hydrogens is 240 g/mol. The summed E-state index contributed by atoms with van der Waals surface area (Å²) in [5.41, 5.74) is 0.895. The molecule has 0 aliphatic rings. The Morgan fingerprint density at radius 1 is 1.53 bits per heavy atom. The summed E-state index contributed by atoms with van der Waals surface area (Å²) in [6.45, 7) is 4.13. The first-order chi connectivity index (χ1) is 8.02. The van der Waals surface area contributed by atoms with E-state index in [1.807, 2.05) is 12.3 Å². The van der Waals surface area contributed by atoms with E-state index in [1.54, 1.807) is 18.3 Å². The first kappa shape index (κ1) is 13.6.